The van der Waals surface area contributed by atoms with Gasteiger partial charge in [-0.3, -0.25) is 4.79 Å². The van der Waals surface area contributed by atoms with E-state index in [4.69, 9.17) is 21.1 Å². The highest BCUT2D eigenvalue weighted by atomic mass is 35.5. The molecule has 2 aliphatic rings. The van der Waals surface area contributed by atoms with E-state index in [9.17, 15) is 9.59 Å². The van der Waals surface area contributed by atoms with Crippen molar-refractivity contribution in [2.75, 3.05) is 11.5 Å². The van der Waals surface area contributed by atoms with Crippen molar-refractivity contribution in [1.82, 2.24) is 15.6 Å². The van der Waals surface area contributed by atoms with Crippen LogP contribution in [0.2, 0.25) is 5.02 Å². The molecule has 1 aliphatic carbocycles. The molecule has 7 nitrogen and oxygen atoms in total. The Balaban J connectivity index is 1.52. The van der Waals surface area contributed by atoms with Crippen LogP contribution in [0.25, 0.3) is 0 Å². The molecule has 1 saturated carbocycles. The summed E-state index contributed by atoms with van der Waals surface area (Å²) in [6, 6.07) is 1.70. The Morgan fingerprint density at radius 3 is 2.29 bits per heavy atom. The van der Waals surface area contributed by atoms with Crippen molar-refractivity contribution in [3.05, 3.63) is 22.8 Å². The van der Waals surface area contributed by atoms with Crippen molar-refractivity contribution < 1.29 is 19.1 Å². The van der Waals surface area contributed by atoms with Crippen LogP contribution in [-0.2, 0) is 4.74 Å². The molecule has 0 atom stereocenters. The molecule has 0 spiro atoms. The summed E-state index contributed by atoms with van der Waals surface area (Å²) in [7, 11) is 0. The number of nitrogens with zero attached hydrogens (tertiary/aromatic N) is 1. The van der Waals surface area contributed by atoms with Gasteiger partial charge in [0.2, 0.25) is 5.88 Å². The van der Waals surface area contributed by atoms with Gasteiger partial charge in [-0.05, 0) is 76.9 Å². The molecule has 2 N–H and O–H groups in total. The second-order valence-electron chi connectivity index (χ2n) is 9.10. The number of carbonyl (C=O) groups excluding carboxylic acids is 2. The molecule has 1 aromatic rings. The van der Waals surface area contributed by atoms with Crippen LogP contribution in [0.3, 0.4) is 0 Å². The fraction of sp³-hybridized carbons (Fsp3) is 0.682. The fourth-order valence-electron chi connectivity index (χ4n) is 3.75. The summed E-state index contributed by atoms with van der Waals surface area (Å²) >= 11 is 8.02. The van der Waals surface area contributed by atoms with Crippen LogP contribution >= 0.6 is 23.4 Å². The lowest BCUT2D eigenvalue weighted by atomic mass is 9.91. The summed E-state index contributed by atoms with van der Waals surface area (Å²) < 4.78 is 11.4. The third-order valence-corrected chi connectivity index (χ3v) is 6.55. The number of pyridine rings is 1. The normalized spacial score (nSPS) is 22.5. The van der Waals surface area contributed by atoms with E-state index in [1.165, 1.54) is 6.20 Å². The molecule has 0 radical (unpaired) electrons. The van der Waals surface area contributed by atoms with Gasteiger partial charge in [-0.25, -0.2) is 9.78 Å². The van der Waals surface area contributed by atoms with Gasteiger partial charge in [0.05, 0.1) is 5.02 Å². The summed E-state index contributed by atoms with van der Waals surface area (Å²) in [5, 5.41) is 6.41. The monoisotopic (exact) mass is 469 g/mol. The lowest BCUT2D eigenvalue weighted by molar-refractivity contribution is 0.0487. The highest BCUT2D eigenvalue weighted by Crippen LogP contribution is 2.26. The summed E-state index contributed by atoms with van der Waals surface area (Å²) in [6.07, 6.45) is 6.20. The number of hydrogen-bond donors (Lipinski definition) is 2. The Morgan fingerprint density at radius 1 is 1.06 bits per heavy atom. The predicted molar refractivity (Wildman–Crippen MR) is 123 cm³/mol. The van der Waals surface area contributed by atoms with E-state index in [2.05, 4.69) is 15.6 Å². The number of halogens is 1. The number of amides is 2. The summed E-state index contributed by atoms with van der Waals surface area (Å²) in [6.45, 7) is 5.53. The molecule has 1 saturated heterocycles. The summed E-state index contributed by atoms with van der Waals surface area (Å²) in [5.74, 6) is 2.23. The molecule has 1 aliphatic heterocycles. The van der Waals surface area contributed by atoms with Gasteiger partial charge in [0.15, 0.2) is 0 Å². The van der Waals surface area contributed by atoms with E-state index in [1.807, 2.05) is 32.5 Å². The first kappa shape index (κ1) is 24.0. The number of ether oxygens (including phenoxy) is 2. The molecule has 2 amide bonds. The first-order valence-corrected chi connectivity index (χ1v) is 12.4. The Labute approximate surface area is 193 Å². The van der Waals surface area contributed by atoms with Crippen molar-refractivity contribution in [2.24, 2.45) is 0 Å². The maximum atomic E-state index is 13.0. The van der Waals surface area contributed by atoms with Crippen LogP contribution in [0.5, 0.6) is 5.88 Å². The third kappa shape index (κ3) is 7.75. The lowest BCUT2D eigenvalue weighted by Gasteiger charge is -2.30. The molecule has 2 fully saturated rings. The first-order chi connectivity index (χ1) is 14.7. The van der Waals surface area contributed by atoms with E-state index in [1.54, 1.807) is 6.07 Å². The molecule has 31 heavy (non-hydrogen) atoms. The number of alkyl carbamates (subject to hydrolysis) is 1. The maximum absolute atomic E-state index is 13.0. The first-order valence-electron chi connectivity index (χ1n) is 10.9. The Bertz CT molecular complexity index is 773. The number of rotatable bonds is 5. The molecule has 0 unspecified atom stereocenters. The zero-order valence-electron chi connectivity index (χ0n) is 18.4. The third-order valence-electron chi connectivity index (χ3n) is 5.29. The molecule has 3 rings (SSSR count). The van der Waals surface area contributed by atoms with E-state index in [-0.39, 0.29) is 24.1 Å². The molecule has 1 aromatic heterocycles. The van der Waals surface area contributed by atoms with E-state index >= 15 is 0 Å². The summed E-state index contributed by atoms with van der Waals surface area (Å²) in [5.41, 5.74) is -0.143. The average molecular weight is 470 g/mol. The standard InChI is InChI=1S/C22H32ClN3O4S/c1-22(2,3)30-21(28)26-16-6-4-15(5-7-16)25-19(27)18-12-14(23)13-24-20(18)29-17-8-10-31-11-9-17/h12-13,15-17H,4-11H2,1-3H3,(H,25,27)(H,26,28). The van der Waals surface area contributed by atoms with Gasteiger partial charge in [-0.15, -0.1) is 0 Å². The van der Waals surface area contributed by atoms with Crippen molar-refractivity contribution in [3.63, 3.8) is 0 Å². The lowest BCUT2D eigenvalue weighted by Crippen LogP contribution is -2.45. The van der Waals surface area contributed by atoms with Crippen LogP contribution in [0, 0.1) is 0 Å². The predicted octanol–water partition coefficient (Wildman–Crippen LogP) is 4.58. The van der Waals surface area contributed by atoms with E-state index < -0.39 is 11.7 Å². The van der Waals surface area contributed by atoms with Crippen LogP contribution in [0.1, 0.15) is 69.7 Å². The minimum absolute atomic E-state index is 0.0297. The second kappa shape index (κ2) is 10.8. The molecule has 9 heteroatoms. The average Bonchev–Trinajstić information content (AvgIpc) is 2.70. The largest absolute Gasteiger partial charge is 0.474 e. The van der Waals surface area contributed by atoms with Gasteiger partial charge in [-0.1, -0.05) is 11.6 Å². The van der Waals surface area contributed by atoms with Gasteiger partial charge in [0, 0.05) is 18.3 Å². The minimum Gasteiger partial charge on any atom is -0.474 e. The van der Waals surface area contributed by atoms with E-state index in [0.717, 1.165) is 50.0 Å². The summed E-state index contributed by atoms with van der Waals surface area (Å²) in [4.78, 5) is 29.2. The number of aromatic nitrogens is 1. The van der Waals surface area contributed by atoms with Crippen molar-refractivity contribution in [3.8, 4) is 5.88 Å². The molecule has 172 valence electrons. The van der Waals surface area contributed by atoms with Crippen LogP contribution < -0.4 is 15.4 Å². The highest BCUT2D eigenvalue weighted by Gasteiger charge is 2.27. The van der Waals surface area contributed by atoms with Crippen molar-refractivity contribution >= 4 is 35.4 Å². The zero-order valence-corrected chi connectivity index (χ0v) is 20.0. The van der Waals surface area contributed by atoms with E-state index in [0.29, 0.717) is 16.5 Å². The van der Waals surface area contributed by atoms with Gasteiger partial charge >= 0.3 is 6.09 Å². The minimum atomic E-state index is -0.517. The Hall–Kier alpha value is -1.67. The SMILES string of the molecule is CC(C)(C)OC(=O)NC1CCC(NC(=O)c2cc(Cl)cnc2OC2CCSCC2)CC1. The topological polar surface area (TPSA) is 89.6 Å². The Kier molecular flexibility index (Phi) is 8.33. The van der Waals surface area contributed by atoms with Gasteiger partial charge < -0.3 is 20.1 Å². The smallest absolute Gasteiger partial charge is 0.407 e. The van der Waals surface area contributed by atoms with Crippen molar-refractivity contribution in [1.29, 1.82) is 0 Å². The highest BCUT2D eigenvalue weighted by molar-refractivity contribution is 7.99. The maximum Gasteiger partial charge on any atom is 0.407 e. The van der Waals surface area contributed by atoms with Crippen LogP contribution in [0.4, 0.5) is 4.79 Å². The molecule has 0 bridgehead atoms. The fourth-order valence-corrected chi connectivity index (χ4v) is 4.98. The molecular weight excluding hydrogens is 438 g/mol. The number of nitrogens with one attached hydrogen (secondary N) is 2. The molecule has 0 aromatic carbocycles. The van der Waals surface area contributed by atoms with Crippen molar-refractivity contribution in [2.45, 2.75) is 83.1 Å². The number of hydrogen-bond acceptors (Lipinski definition) is 6. The quantitative estimate of drug-likeness (QED) is 0.656. The molecule has 2 heterocycles. The number of thioether (sulfide) groups is 1. The van der Waals surface area contributed by atoms with Gasteiger partial charge in [0.1, 0.15) is 17.3 Å². The zero-order chi connectivity index (χ0) is 22.4. The molecular formula is C22H32ClN3O4S. The van der Waals surface area contributed by atoms with Gasteiger partial charge in [0.25, 0.3) is 5.91 Å². The number of carbonyl (C=O) groups is 2. The Morgan fingerprint density at radius 2 is 1.68 bits per heavy atom. The van der Waals surface area contributed by atoms with Crippen LogP contribution in [0.15, 0.2) is 12.3 Å². The van der Waals surface area contributed by atoms with Gasteiger partial charge in [-0.2, -0.15) is 11.8 Å². The second-order valence-corrected chi connectivity index (χ2v) is 10.8. The van der Waals surface area contributed by atoms with Crippen LogP contribution in [-0.4, -0.2) is 52.3 Å².